The lowest BCUT2D eigenvalue weighted by atomic mass is 9.73. The van der Waals surface area contributed by atoms with Crippen LogP contribution >= 0.6 is 0 Å². The van der Waals surface area contributed by atoms with Crippen molar-refractivity contribution in [1.29, 1.82) is 0 Å². The van der Waals surface area contributed by atoms with E-state index < -0.39 is 0 Å². The van der Waals surface area contributed by atoms with Crippen LogP contribution in [0.5, 0.6) is 0 Å². The standard InChI is InChI=1S/C20H29FN2O/c1-14(2)13-23-8-6-20(7-9-23)12-15(10-19(24)22-3)17-5-4-16(21)11-18(17)20/h4-5,11,14-15H,6-10,12-13H2,1-3H3,(H,22,24). The normalized spacial score (nSPS) is 22.8. The summed E-state index contributed by atoms with van der Waals surface area (Å²) in [5.74, 6) is 0.813. The number of halogens is 1. The monoisotopic (exact) mass is 332 g/mol. The Morgan fingerprint density at radius 2 is 2.08 bits per heavy atom. The first kappa shape index (κ1) is 17.4. The second-order valence-corrected chi connectivity index (χ2v) is 7.98. The fourth-order valence-corrected chi connectivity index (χ4v) is 4.70. The molecule has 1 fully saturated rings. The highest BCUT2D eigenvalue weighted by Gasteiger charge is 2.45. The number of rotatable bonds is 4. The molecule has 1 heterocycles. The van der Waals surface area contributed by atoms with Gasteiger partial charge in [-0.1, -0.05) is 19.9 Å². The summed E-state index contributed by atoms with van der Waals surface area (Å²) in [6.07, 6.45) is 3.63. The van der Waals surface area contributed by atoms with Crippen molar-refractivity contribution < 1.29 is 9.18 Å². The van der Waals surface area contributed by atoms with E-state index in [0.717, 1.165) is 38.9 Å². The molecular weight excluding hydrogens is 303 g/mol. The van der Waals surface area contributed by atoms with Crippen molar-refractivity contribution in [2.45, 2.75) is 50.9 Å². The molecule has 0 saturated carbocycles. The van der Waals surface area contributed by atoms with Gasteiger partial charge < -0.3 is 10.2 Å². The van der Waals surface area contributed by atoms with Crippen molar-refractivity contribution in [1.82, 2.24) is 10.2 Å². The highest BCUT2D eigenvalue weighted by Crippen LogP contribution is 2.52. The predicted octanol–water partition coefficient (Wildman–Crippen LogP) is 3.44. The van der Waals surface area contributed by atoms with Gasteiger partial charge in [-0.25, -0.2) is 4.39 Å². The second-order valence-electron chi connectivity index (χ2n) is 7.98. The van der Waals surface area contributed by atoms with E-state index in [1.165, 1.54) is 11.1 Å². The maximum Gasteiger partial charge on any atom is 0.220 e. The quantitative estimate of drug-likeness (QED) is 0.916. The zero-order valence-corrected chi connectivity index (χ0v) is 15.1. The molecule has 2 aliphatic rings. The van der Waals surface area contributed by atoms with E-state index in [1.807, 2.05) is 6.07 Å². The van der Waals surface area contributed by atoms with Crippen LogP contribution in [-0.2, 0) is 10.2 Å². The molecule has 132 valence electrons. The van der Waals surface area contributed by atoms with Gasteiger partial charge in [-0.2, -0.15) is 0 Å². The Hall–Kier alpha value is -1.42. The maximum absolute atomic E-state index is 13.9. The lowest BCUT2D eigenvalue weighted by molar-refractivity contribution is -0.121. The smallest absolute Gasteiger partial charge is 0.220 e. The number of nitrogens with zero attached hydrogens (tertiary/aromatic N) is 1. The molecule has 3 nitrogen and oxygen atoms in total. The minimum Gasteiger partial charge on any atom is -0.359 e. The minimum atomic E-state index is -0.154. The van der Waals surface area contributed by atoms with Gasteiger partial charge in [0.25, 0.3) is 0 Å². The van der Waals surface area contributed by atoms with Crippen LogP contribution in [0.1, 0.15) is 56.6 Å². The highest BCUT2D eigenvalue weighted by molar-refractivity contribution is 5.77. The van der Waals surface area contributed by atoms with Crippen LogP contribution < -0.4 is 5.32 Å². The van der Waals surface area contributed by atoms with Crippen LogP contribution in [0.15, 0.2) is 18.2 Å². The third-order valence-electron chi connectivity index (χ3n) is 5.81. The third-order valence-corrected chi connectivity index (χ3v) is 5.81. The van der Waals surface area contributed by atoms with Gasteiger partial charge in [0.05, 0.1) is 0 Å². The molecule has 1 spiro atoms. The van der Waals surface area contributed by atoms with E-state index in [4.69, 9.17) is 0 Å². The fraction of sp³-hybridized carbons (Fsp3) is 0.650. The molecule has 4 heteroatoms. The molecule has 1 unspecified atom stereocenters. The largest absolute Gasteiger partial charge is 0.359 e. The number of fused-ring (bicyclic) bond motifs is 2. The molecule has 1 aliphatic heterocycles. The summed E-state index contributed by atoms with van der Waals surface area (Å²) >= 11 is 0. The number of carbonyl (C=O) groups is 1. The molecule has 1 aromatic carbocycles. The van der Waals surface area contributed by atoms with Crippen molar-refractivity contribution in [3.8, 4) is 0 Å². The van der Waals surface area contributed by atoms with Gasteiger partial charge in [-0.15, -0.1) is 0 Å². The molecule has 0 bridgehead atoms. The Balaban J connectivity index is 1.83. The highest BCUT2D eigenvalue weighted by atomic mass is 19.1. The van der Waals surface area contributed by atoms with Crippen molar-refractivity contribution in [2.75, 3.05) is 26.7 Å². The first-order valence-electron chi connectivity index (χ1n) is 9.16. The number of likely N-dealkylation sites (tertiary alicyclic amines) is 1. The summed E-state index contributed by atoms with van der Waals surface area (Å²) < 4.78 is 13.9. The summed E-state index contributed by atoms with van der Waals surface area (Å²) in [5.41, 5.74) is 2.42. The first-order valence-corrected chi connectivity index (χ1v) is 9.16. The van der Waals surface area contributed by atoms with Crippen LogP contribution in [0.3, 0.4) is 0 Å². The van der Waals surface area contributed by atoms with Gasteiger partial charge in [0.15, 0.2) is 0 Å². The van der Waals surface area contributed by atoms with E-state index in [-0.39, 0.29) is 23.1 Å². The fourth-order valence-electron chi connectivity index (χ4n) is 4.70. The molecular formula is C20H29FN2O. The molecule has 24 heavy (non-hydrogen) atoms. The van der Waals surface area contributed by atoms with E-state index in [0.29, 0.717) is 12.3 Å². The van der Waals surface area contributed by atoms with E-state index >= 15 is 0 Å². The van der Waals surface area contributed by atoms with Crippen LogP contribution in [0, 0.1) is 11.7 Å². The first-order chi connectivity index (χ1) is 11.4. The SMILES string of the molecule is CNC(=O)CC1CC2(CCN(CC(C)C)CC2)c2cc(F)ccc21. The lowest BCUT2D eigenvalue weighted by Gasteiger charge is -2.41. The number of benzene rings is 1. The van der Waals surface area contributed by atoms with Crippen LogP contribution in [0.2, 0.25) is 0 Å². The zero-order valence-electron chi connectivity index (χ0n) is 15.1. The van der Waals surface area contributed by atoms with E-state index in [1.54, 1.807) is 19.2 Å². The predicted molar refractivity (Wildman–Crippen MR) is 94.6 cm³/mol. The summed E-state index contributed by atoms with van der Waals surface area (Å²) in [6, 6.07) is 5.19. The van der Waals surface area contributed by atoms with Gasteiger partial charge in [0.1, 0.15) is 5.82 Å². The minimum absolute atomic E-state index is 0.0591. The number of hydrogen-bond acceptors (Lipinski definition) is 2. The van der Waals surface area contributed by atoms with Crippen molar-refractivity contribution >= 4 is 5.91 Å². The van der Waals surface area contributed by atoms with Gasteiger partial charge in [-0.05, 0) is 72.9 Å². The van der Waals surface area contributed by atoms with Crippen molar-refractivity contribution in [3.05, 3.63) is 35.1 Å². The molecule has 1 aliphatic carbocycles. The van der Waals surface area contributed by atoms with Crippen LogP contribution in [0.4, 0.5) is 4.39 Å². The Morgan fingerprint density at radius 1 is 1.38 bits per heavy atom. The number of hydrogen-bond donors (Lipinski definition) is 1. The van der Waals surface area contributed by atoms with Gasteiger partial charge >= 0.3 is 0 Å². The average Bonchev–Trinajstić information content (AvgIpc) is 2.82. The molecule has 1 saturated heterocycles. The second kappa shape index (κ2) is 6.83. The molecule has 1 amide bonds. The van der Waals surface area contributed by atoms with E-state index in [9.17, 15) is 9.18 Å². The summed E-state index contributed by atoms with van der Waals surface area (Å²) in [5, 5.41) is 2.73. The molecule has 0 aromatic heterocycles. The Labute approximate surface area is 144 Å². The Kier molecular flexibility index (Phi) is 4.95. The molecule has 1 aromatic rings. The molecule has 0 radical (unpaired) electrons. The zero-order chi connectivity index (χ0) is 17.3. The van der Waals surface area contributed by atoms with Crippen molar-refractivity contribution in [3.63, 3.8) is 0 Å². The Morgan fingerprint density at radius 3 is 2.71 bits per heavy atom. The molecule has 1 atom stereocenters. The number of amides is 1. The van der Waals surface area contributed by atoms with Crippen LogP contribution in [-0.4, -0.2) is 37.5 Å². The summed E-state index contributed by atoms with van der Waals surface area (Å²) in [4.78, 5) is 14.4. The average molecular weight is 332 g/mol. The topological polar surface area (TPSA) is 32.3 Å². The van der Waals surface area contributed by atoms with Gasteiger partial charge in [0, 0.05) is 20.0 Å². The van der Waals surface area contributed by atoms with E-state index in [2.05, 4.69) is 24.1 Å². The van der Waals surface area contributed by atoms with Gasteiger partial charge in [-0.3, -0.25) is 4.79 Å². The number of piperidine rings is 1. The van der Waals surface area contributed by atoms with Crippen LogP contribution in [0.25, 0.3) is 0 Å². The Bertz CT molecular complexity index is 606. The summed E-state index contributed by atoms with van der Waals surface area (Å²) in [6.45, 7) is 7.78. The number of nitrogens with one attached hydrogen (secondary N) is 1. The maximum atomic E-state index is 13.9. The lowest BCUT2D eigenvalue weighted by Crippen LogP contribution is -2.43. The molecule has 1 N–H and O–H groups in total. The third kappa shape index (κ3) is 3.34. The summed E-state index contributed by atoms with van der Waals surface area (Å²) in [7, 11) is 1.68. The van der Waals surface area contributed by atoms with Gasteiger partial charge in [0.2, 0.25) is 5.91 Å². The molecule has 3 rings (SSSR count). The number of carbonyl (C=O) groups excluding carboxylic acids is 1. The van der Waals surface area contributed by atoms with Crippen molar-refractivity contribution in [2.24, 2.45) is 5.92 Å².